The summed E-state index contributed by atoms with van der Waals surface area (Å²) in [6.45, 7) is 0. The van der Waals surface area contributed by atoms with Crippen molar-refractivity contribution in [3.8, 4) is 28.1 Å². The van der Waals surface area contributed by atoms with Gasteiger partial charge in [0.1, 0.15) is 11.4 Å². The average Bonchev–Trinajstić information content (AvgIpc) is 3.05. The van der Waals surface area contributed by atoms with Gasteiger partial charge in [-0.25, -0.2) is 0 Å². The molecule has 3 N–H and O–H groups in total. The quantitative estimate of drug-likeness (QED) is 0.771. The SMILES string of the molecule is COc1cccc(-c2ccc(-c3n[nH]nc3C(N)=O)cc2)c1. The van der Waals surface area contributed by atoms with Gasteiger partial charge in [0.15, 0.2) is 5.69 Å². The Hall–Kier alpha value is -3.15. The van der Waals surface area contributed by atoms with E-state index in [0.717, 1.165) is 22.4 Å². The van der Waals surface area contributed by atoms with Gasteiger partial charge in [0.05, 0.1) is 7.11 Å². The Morgan fingerprint density at radius 3 is 2.45 bits per heavy atom. The fourth-order valence-electron chi connectivity index (χ4n) is 2.23. The zero-order chi connectivity index (χ0) is 15.5. The van der Waals surface area contributed by atoms with E-state index >= 15 is 0 Å². The lowest BCUT2D eigenvalue weighted by molar-refractivity contribution is 0.0996. The molecule has 2 aromatic carbocycles. The Morgan fingerprint density at radius 2 is 1.77 bits per heavy atom. The number of H-pyrrole nitrogens is 1. The van der Waals surface area contributed by atoms with Crippen LogP contribution >= 0.6 is 0 Å². The van der Waals surface area contributed by atoms with Crippen LogP contribution < -0.4 is 10.5 Å². The van der Waals surface area contributed by atoms with Crippen molar-refractivity contribution in [1.82, 2.24) is 15.4 Å². The van der Waals surface area contributed by atoms with E-state index in [-0.39, 0.29) is 5.69 Å². The molecule has 22 heavy (non-hydrogen) atoms. The second kappa shape index (κ2) is 5.69. The molecule has 0 bridgehead atoms. The second-order valence-electron chi connectivity index (χ2n) is 4.69. The molecular weight excluding hydrogens is 280 g/mol. The number of carbonyl (C=O) groups excluding carboxylic acids is 1. The molecule has 6 nitrogen and oxygen atoms in total. The van der Waals surface area contributed by atoms with Crippen molar-refractivity contribution in [2.45, 2.75) is 0 Å². The molecule has 0 saturated heterocycles. The molecule has 0 aliphatic rings. The van der Waals surface area contributed by atoms with E-state index in [1.165, 1.54) is 0 Å². The predicted octanol–water partition coefficient (Wildman–Crippen LogP) is 2.25. The van der Waals surface area contributed by atoms with E-state index in [2.05, 4.69) is 15.4 Å². The Labute approximate surface area is 126 Å². The number of rotatable bonds is 4. The number of hydrogen-bond donors (Lipinski definition) is 2. The summed E-state index contributed by atoms with van der Waals surface area (Å²) in [6, 6.07) is 15.4. The molecule has 110 valence electrons. The van der Waals surface area contributed by atoms with Crippen molar-refractivity contribution in [2.24, 2.45) is 5.73 Å². The van der Waals surface area contributed by atoms with Crippen molar-refractivity contribution < 1.29 is 9.53 Å². The van der Waals surface area contributed by atoms with Crippen molar-refractivity contribution in [1.29, 1.82) is 0 Å². The van der Waals surface area contributed by atoms with E-state index in [1.54, 1.807) is 7.11 Å². The summed E-state index contributed by atoms with van der Waals surface area (Å²) in [5, 5.41) is 10.2. The average molecular weight is 294 g/mol. The first-order valence-electron chi connectivity index (χ1n) is 6.64. The fraction of sp³-hybridized carbons (Fsp3) is 0.0625. The molecule has 0 radical (unpaired) electrons. The Kier molecular flexibility index (Phi) is 3.57. The lowest BCUT2D eigenvalue weighted by Crippen LogP contribution is -2.12. The maximum absolute atomic E-state index is 11.3. The summed E-state index contributed by atoms with van der Waals surface area (Å²) < 4.78 is 5.23. The number of nitrogens with one attached hydrogen (secondary N) is 1. The number of aromatic amines is 1. The predicted molar refractivity (Wildman–Crippen MR) is 82.3 cm³/mol. The minimum absolute atomic E-state index is 0.133. The number of amides is 1. The van der Waals surface area contributed by atoms with Crippen LogP contribution in [0.5, 0.6) is 5.75 Å². The summed E-state index contributed by atoms with van der Waals surface area (Å²) in [6.07, 6.45) is 0. The molecule has 6 heteroatoms. The van der Waals surface area contributed by atoms with Gasteiger partial charge in [0.2, 0.25) is 0 Å². The van der Waals surface area contributed by atoms with Crippen molar-refractivity contribution >= 4 is 5.91 Å². The summed E-state index contributed by atoms with van der Waals surface area (Å²) in [5.74, 6) is 0.190. The lowest BCUT2D eigenvalue weighted by Gasteiger charge is -2.06. The van der Waals surface area contributed by atoms with E-state index in [9.17, 15) is 4.79 Å². The molecule has 0 saturated carbocycles. The monoisotopic (exact) mass is 294 g/mol. The zero-order valence-corrected chi connectivity index (χ0v) is 11.9. The number of ether oxygens (including phenoxy) is 1. The van der Waals surface area contributed by atoms with Crippen LogP contribution in [0, 0.1) is 0 Å². The van der Waals surface area contributed by atoms with Crippen LogP contribution in [0.3, 0.4) is 0 Å². The zero-order valence-electron chi connectivity index (χ0n) is 11.9. The second-order valence-corrected chi connectivity index (χ2v) is 4.69. The number of carbonyl (C=O) groups is 1. The largest absolute Gasteiger partial charge is 0.497 e. The van der Waals surface area contributed by atoms with Crippen LogP contribution in [0.4, 0.5) is 0 Å². The normalized spacial score (nSPS) is 10.4. The van der Waals surface area contributed by atoms with Gasteiger partial charge in [-0.2, -0.15) is 15.4 Å². The van der Waals surface area contributed by atoms with Crippen LogP contribution in [-0.2, 0) is 0 Å². The first-order chi connectivity index (χ1) is 10.7. The van der Waals surface area contributed by atoms with E-state index in [0.29, 0.717) is 5.69 Å². The van der Waals surface area contributed by atoms with E-state index in [1.807, 2.05) is 48.5 Å². The lowest BCUT2D eigenvalue weighted by atomic mass is 10.0. The summed E-state index contributed by atoms with van der Waals surface area (Å²) in [4.78, 5) is 11.3. The third-order valence-electron chi connectivity index (χ3n) is 3.34. The molecular formula is C16H14N4O2. The molecule has 0 aliphatic carbocycles. The van der Waals surface area contributed by atoms with Crippen LogP contribution in [0.25, 0.3) is 22.4 Å². The summed E-state index contributed by atoms with van der Waals surface area (Å²) >= 11 is 0. The molecule has 0 spiro atoms. The molecule has 1 heterocycles. The highest BCUT2D eigenvalue weighted by Gasteiger charge is 2.14. The van der Waals surface area contributed by atoms with Crippen molar-refractivity contribution in [3.05, 3.63) is 54.2 Å². The minimum atomic E-state index is -0.611. The Bertz CT molecular complexity index is 809. The van der Waals surface area contributed by atoms with Gasteiger partial charge in [0, 0.05) is 5.56 Å². The topological polar surface area (TPSA) is 93.9 Å². The van der Waals surface area contributed by atoms with Gasteiger partial charge >= 0.3 is 0 Å². The van der Waals surface area contributed by atoms with Crippen molar-refractivity contribution in [2.75, 3.05) is 7.11 Å². The third-order valence-corrected chi connectivity index (χ3v) is 3.34. The van der Waals surface area contributed by atoms with E-state index in [4.69, 9.17) is 10.5 Å². The molecule has 0 aliphatic heterocycles. The van der Waals surface area contributed by atoms with Crippen LogP contribution in [-0.4, -0.2) is 28.4 Å². The van der Waals surface area contributed by atoms with Gasteiger partial charge in [-0.05, 0) is 23.3 Å². The number of benzene rings is 2. The maximum atomic E-state index is 11.3. The highest BCUT2D eigenvalue weighted by Crippen LogP contribution is 2.27. The van der Waals surface area contributed by atoms with Gasteiger partial charge in [-0.15, -0.1) is 0 Å². The number of hydrogen-bond acceptors (Lipinski definition) is 4. The highest BCUT2D eigenvalue weighted by molar-refractivity contribution is 5.96. The minimum Gasteiger partial charge on any atom is -0.497 e. The molecule has 3 rings (SSSR count). The van der Waals surface area contributed by atoms with Gasteiger partial charge in [-0.1, -0.05) is 36.4 Å². The number of primary amides is 1. The first kappa shape index (κ1) is 13.8. The first-order valence-corrected chi connectivity index (χ1v) is 6.64. The van der Waals surface area contributed by atoms with Crippen molar-refractivity contribution in [3.63, 3.8) is 0 Å². The van der Waals surface area contributed by atoms with Crippen LogP contribution in [0.2, 0.25) is 0 Å². The number of methoxy groups -OCH3 is 1. The Balaban J connectivity index is 1.95. The van der Waals surface area contributed by atoms with Gasteiger partial charge < -0.3 is 10.5 Å². The van der Waals surface area contributed by atoms with Gasteiger partial charge in [-0.3, -0.25) is 4.79 Å². The molecule has 0 unspecified atom stereocenters. The molecule has 0 atom stereocenters. The maximum Gasteiger partial charge on any atom is 0.271 e. The summed E-state index contributed by atoms with van der Waals surface area (Å²) in [7, 11) is 1.64. The molecule has 1 amide bonds. The summed E-state index contributed by atoms with van der Waals surface area (Å²) in [5.41, 5.74) is 8.71. The highest BCUT2D eigenvalue weighted by atomic mass is 16.5. The standard InChI is InChI=1S/C16H14N4O2/c1-22-13-4-2-3-12(9-13)10-5-7-11(8-6-10)14-15(16(17)21)19-20-18-14/h2-9H,1H3,(H2,17,21)(H,18,19,20). The van der Waals surface area contributed by atoms with Crippen LogP contribution in [0.1, 0.15) is 10.5 Å². The smallest absolute Gasteiger partial charge is 0.271 e. The molecule has 3 aromatic rings. The molecule has 0 fully saturated rings. The fourth-order valence-corrected chi connectivity index (χ4v) is 2.23. The molecule has 1 aromatic heterocycles. The van der Waals surface area contributed by atoms with Crippen LogP contribution in [0.15, 0.2) is 48.5 Å². The van der Waals surface area contributed by atoms with Gasteiger partial charge in [0.25, 0.3) is 5.91 Å². The number of nitrogens with zero attached hydrogens (tertiary/aromatic N) is 2. The third kappa shape index (κ3) is 2.54. The number of nitrogens with two attached hydrogens (primary N) is 1. The number of aromatic nitrogens is 3. The Morgan fingerprint density at radius 1 is 1.05 bits per heavy atom. The van der Waals surface area contributed by atoms with E-state index < -0.39 is 5.91 Å².